The Hall–Kier alpha value is -0.120. The van der Waals surface area contributed by atoms with E-state index in [0.29, 0.717) is 6.10 Å². The van der Waals surface area contributed by atoms with Gasteiger partial charge >= 0.3 is 0 Å². The van der Waals surface area contributed by atoms with Crippen molar-refractivity contribution in [2.75, 3.05) is 26.2 Å². The number of ether oxygens (including phenoxy) is 1. The molecule has 16 heavy (non-hydrogen) atoms. The standard InChI is InChI=1S/C13H26N2O/c1-2-12-10-13(11-14,6-9-16-12)15-7-4-3-5-8-15/h12H,2-11,14H2,1H3. The zero-order chi connectivity index (χ0) is 11.4. The molecule has 2 heterocycles. The fourth-order valence-corrected chi connectivity index (χ4v) is 3.23. The summed E-state index contributed by atoms with van der Waals surface area (Å²) in [5.41, 5.74) is 6.34. The van der Waals surface area contributed by atoms with Gasteiger partial charge < -0.3 is 10.5 Å². The molecule has 0 spiro atoms. The number of hydrogen-bond acceptors (Lipinski definition) is 3. The second-order valence-corrected chi connectivity index (χ2v) is 5.33. The number of nitrogens with two attached hydrogens (primary N) is 1. The molecular formula is C13H26N2O. The van der Waals surface area contributed by atoms with Crippen molar-refractivity contribution in [1.82, 2.24) is 4.90 Å². The number of piperidine rings is 1. The quantitative estimate of drug-likeness (QED) is 0.797. The molecule has 2 aliphatic heterocycles. The van der Waals surface area contributed by atoms with Gasteiger partial charge in [0.2, 0.25) is 0 Å². The molecule has 0 aromatic heterocycles. The molecule has 0 bridgehead atoms. The van der Waals surface area contributed by atoms with Gasteiger partial charge in [0.25, 0.3) is 0 Å². The maximum atomic E-state index is 6.09. The summed E-state index contributed by atoms with van der Waals surface area (Å²) in [7, 11) is 0. The molecule has 2 N–H and O–H groups in total. The average molecular weight is 226 g/mol. The second-order valence-electron chi connectivity index (χ2n) is 5.33. The molecule has 3 heteroatoms. The van der Waals surface area contributed by atoms with Crippen LogP contribution in [-0.4, -0.2) is 42.8 Å². The Morgan fingerprint density at radius 1 is 1.31 bits per heavy atom. The van der Waals surface area contributed by atoms with Gasteiger partial charge in [0.05, 0.1) is 6.10 Å². The van der Waals surface area contributed by atoms with Gasteiger partial charge in [-0.15, -0.1) is 0 Å². The summed E-state index contributed by atoms with van der Waals surface area (Å²) in [6.45, 7) is 6.40. The van der Waals surface area contributed by atoms with E-state index in [9.17, 15) is 0 Å². The van der Waals surface area contributed by atoms with Crippen molar-refractivity contribution < 1.29 is 4.74 Å². The highest BCUT2D eigenvalue weighted by Gasteiger charge is 2.40. The summed E-state index contributed by atoms with van der Waals surface area (Å²) in [5, 5.41) is 0. The van der Waals surface area contributed by atoms with Crippen molar-refractivity contribution in [1.29, 1.82) is 0 Å². The highest BCUT2D eigenvalue weighted by molar-refractivity contribution is 4.97. The summed E-state index contributed by atoms with van der Waals surface area (Å²) in [6, 6.07) is 0. The first kappa shape index (κ1) is 12.3. The van der Waals surface area contributed by atoms with Gasteiger partial charge in [0.15, 0.2) is 0 Å². The van der Waals surface area contributed by atoms with E-state index in [-0.39, 0.29) is 5.54 Å². The van der Waals surface area contributed by atoms with Crippen LogP contribution < -0.4 is 5.73 Å². The van der Waals surface area contributed by atoms with E-state index in [0.717, 1.165) is 32.4 Å². The Labute approximate surface area is 99.3 Å². The predicted octanol–water partition coefficient (Wildman–Crippen LogP) is 1.76. The van der Waals surface area contributed by atoms with Crippen molar-refractivity contribution in [3.8, 4) is 0 Å². The van der Waals surface area contributed by atoms with E-state index in [2.05, 4.69) is 11.8 Å². The average Bonchev–Trinajstić information content (AvgIpc) is 2.39. The third-order valence-corrected chi connectivity index (χ3v) is 4.39. The lowest BCUT2D eigenvalue weighted by molar-refractivity contribution is -0.0765. The van der Waals surface area contributed by atoms with E-state index in [1.54, 1.807) is 0 Å². The van der Waals surface area contributed by atoms with Crippen molar-refractivity contribution in [3.05, 3.63) is 0 Å². The van der Waals surface area contributed by atoms with Gasteiger partial charge in [0, 0.05) is 18.7 Å². The largest absolute Gasteiger partial charge is 0.378 e. The van der Waals surface area contributed by atoms with Crippen LogP contribution in [0, 0.1) is 0 Å². The number of nitrogens with zero attached hydrogens (tertiary/aromatic N) is 1. The van der Waals surface area contributed by atoms with Crippen LogP contribution in [-0.2, 0) is 4.74 Å². The Balaban J connectivity index is 2.04. The van der Waals surface area contributed by atoms with Crippen molar-refractivity contribution >= 4 is 0 Å². The SMILES string of the molecule is CCC1CC(CN)(N2CCCCC2)CCO1. The van der Waals surface area contributed by atoms with Gasteiger partial charge in [-0.25, -0.2) is 0 Å². The molecule has 2 unspecified atom stereocenters. The monoisotopic (exact) mass is 226 g/mol. The molecule has 0 aliphatic carbocycles. The van der Waals surface area contributed by atoms with Gasteiger partial charge in [0.1, 0.15) is 0 Å². The van der Waals surface area contributed by atoms with Crippen molar-refractivity contribution in [2.45, 2.75) is 57.1 Å². The first-order valence-electron chi connectivity index (χ1n) is 6.87. The first-order chi connectivity index (χ1) is 7.80. The van der Waals surface area contributed by atoms with Crippen LogP contribution in [0.15, 0.2) is 0 Å². The molecule has 3 nitrogen and oxygen atoms in total. The molecule has 2 atom stereocenters. The highest BCUT2D eigenvalue weighted by atomic mass is 16.5. The summed E-state index contributed by atoms with van der Waals surface area (Å²) in [5.74, 6) is 0. The summed E-state index contributed by atoms with van der Waals surface area (Å²) < 4.78 is 5.79. The van der Waals surface area contributed by atoms with Gasteiger partial charge in [-0.1, -0.05) is 13.3 Å². The van der Waals surface area contributed by atoms with Crippen LogP contribution in [0.3, 0.4) is 0 Å². The third kappa shape index (κ3) is 2.41. The van der Waals surface area contributed by atoms with Crippen LogP contribution in [0.25, 0.3) is 0 Å². The summed E-state index contributed by atoms with van der Waals surface area (Å²) >= 11 is 0. The van der Waals surface area contributed by atoms with Crippen LogP contribution in [0.2, 0.25) is 0 Å². The lowest BCUT2D eigenvalue weighted by Gasteiger charge is -2.49. The zero-order valence-electron chi connectivity index (χ0n) is 10.6. The van der Waals surface area contributed by atoms with E-state index in [1.807, 2.05) is 0 Å². The molecular weight excluding hydrogens is 200 g/mol. The van der Waals surface area contributed by atoms with E-state index in [1.165, 1.54) is 32.4 Å². The Kier molecular flexibility index (Phi) is 4.22. The Bertz CT molecular complexity index is 216. The topological polar surface area (TPSA) is 38.5 Å². The van der Waals surface area contributed by atoms with Crippen LogP contribution in [0.1, 0.15) is 45.4 Å². The van der Waals surface area contributed by atoms with Gasteiger partial charge in [-0.3, -0.25) is 4.90 Å². The molecule has 0 saturated carbocycles. The lowest BCUT2D eigenvalue weighted by Crippen LogP contribution is -2.59. The maximum absolute atomic E-state index is 6.09. The molecule has 2 saturated heterocycles. The number of hydrogen-bond donors (Lipinski definition) is 1. The van der Waals surface area contributed by atoms with Crippen molar-refractivity contribution in [2.24, 2.45) is 5.73 Å². The lowest BCUT2D eigenvalue weighted by atomic mass is 9.83. The maximum Gasteiger partial charge on any atom is 0.0590 e. The van der Waals surface area contributed by atoms with Crippen molar-refractivity contribution in [3.63, 3.8) is 0 Å². The molecule has 2 fully saturated rings. The van der Waals surface area contributed by atoms with E-state index >= 15 is 0 Å². The number of rotatable bonds is 3. The molecule has 0 aromatic carbocycles. The minimum absolute atomic E-state index is 0.249. The zero-order valence-corrected chi connectivity index (χ0v) is 10.6. The fraction of sp³-hybridized carbons (Fsp3) is 1.00. The Morgan fingerprint density at radius 2 is 2.06 bits per heavy atom. The third-order valence-electron chi connectivity index (χ3n) is 4.39. The normalized spacial score (nSPS) is 37.5. The molecule has 0 amide bonds. The van der Waals surface area contributed by atoms with Crippen LogP contribution >= 0.6 is 0 Å². The molecule has 0 radical (unpaired) electrons. The summed E-state index contributed by atoms with van der Waals surface area (Å²) in [6.07, 6.45) is 7.90. The fourth-order valence-electron chi connectivity index (χ4n) is 3.23. The first-order valence-corrected chi connectivity index (χ1v) is 6.87. The molecule has 2 rings (SSSR count). The predicted molar refractivity (Wildman–Crippen MR) is 66.5 cm³/mol. The smallest absolute Gasteiger partial charge is 0.0590 e. The van der Waals surface area contributed by atoms with Crippen LogP contribution in [0.5, 0.6) is 0 Å². The minimum atomic E-state index is 0.249. The van der Waals surface area contributed by atoms with Gasteiger partial charge in [-0.2, -0.15) is 0 Å². The Morgan fingerprint density at radius 3 is 2.69 bits per heavy atom. The molecule has 94 valence electrons. The highest BCUT2D eigenvalue weighted by Crippen LogP contribution is 2.33. The minimum Gasteiger partial charge on any atom is -0.378 e. The molecule has 2 aliphatic rings. The van der Waals surface area contributed by atoms with Gasteiger partial charge in [-0.05, 0) is 45.2 Å². The number of likely N-dealkylation sites (tertiary alicyclic amines) is 1. The summed E-state index contributed by atoms with van der Waals surface area (Å²) in [4.78, 5) is 2.65. The van der Waals surface area contributed by atoms with E-state index < -0.39 is 0 Å². The molecule has 0 aromatic rings. The second kappa shape index (κ2) is 5.48. The van der Waals surface area contributed by atoms with E-state index in [4.69, 9.17) is 10.5 Å². The van der Waals surface area contributed by atoms with Crippen LogP contribution in [0.4, 0.5) is 0 Å².